The van der Waals surface area contributed by atoms with Gasteiger partial charge in [0.1, 0.15) is 0 Å². The summed E-state index contributed by atoms with van der Waals surface area (Å²) in [6, 6.07) is 8.29. The zero-order valence-electron chi connectivity index (χ0n) is 12.8. The fourth-order valence-corrected chi connectivity index (χ4v) is 3.37. The van der Waals surface area contributed by atoms with E-state index in [1.807, 2.05) is 0 Å². The summed E-state index contributed by atoms with van der Waals surface area (Å²) < 4.78 is 0. The van der Waals surface area contributed by atoms with Gasteiger partial charge in [0.2, 0.25) is 5.91 Å². The summed E-state index contributed by atoms with van der Waals surface area (Å²) in [6.07, 6.45) is 2.00. The zero-order chi connectivity index (χ0) is 14.7. The standard InChI is InChI=1S/C17H25N3O/c1-2-20-8-7-13(12-20)10-19-17(21)16-9-14-5-3-4-6-15(14)11-18-16/h3-6,13,16,18H,2,7-12H2,1H3,(H,19,21)/t13?,16-/m1/s1. The minimum atomic E-state index is -0.0800. The topological polar surface area (TPSA) is 44.4 Å². The highest BCUT2D eigenvalue weighted by molar-refractivity contribution is 5.82. The Morgan fingerprint density at radius 1 is 1.38 bits per heavy atom. The van der Waals surface area contributed by atoms with Crippen molar-refractivity contribution < 1.29 is 4.79 Å². The van der Waals surface area contributed by atoms with E-state index in [2.05, 4.69) is 46.7 Å². The van der Waals surface area contributed by atoms with Crippen molar-refractivity contribution in [1.29, 1.82) is 0 Å². The maximum absolute atomic E-state index is 12.3. The number of fused-ring (bicyclic) bond motifs is 1. The molecule has 114 valence electrons. The molecule has 1 amide bonds. The maximum atomic E-state index is 12.3. The Morgan fingerprint density at radius 2 is 2.19 bits per heavy atom. The number of nitrogens with zero attached hydrogens (tertiary/aromatic N) is 1. The number of benzene rings is 1. The van der Waals surface area contributed by atoms with Crippen molar-refractivity contribution in [3.8, 4) is 0 Å². The van der Waals surface area contributed by atoms with Crippen LogP contribution in [0, 0.1) is 5.92 Å². The number of carbonyl (C=O) groups is 1. The molecule has 2 atom stereocenters. The van der Waals surface area contributed by atoms with E-state index in [0.717, 1.165) is 32.6 Å². The lowest BCUT2D eigenvalue weighted by Gasteiger charge is -2.25. The summed E-state index contributed by atoms with van der Waals surface area (Å²) in [5.74, 6) is 0.768. The molecule has 21 heavy (non-hydrogen) atoms. The van der Waals surface area contributed by atoms with Gasteiger partial charge in [0, 0.05) is 19.6 Å². The van der Waals surface area contributed by atoms with Crippen molar-refractivity contribution in [2.45, 2.75) is 32.4 Å². The van der Waals surface area contributed by atoms with Crippen LogP contribution in [0.2, 0.25) is 0 Å². The van der Waals surface area contributed by atoms with Gasteiger partial charge in [0.25, 0.3) is 0 Å². The predicted molar refractivity (Wildman–Crippen MR) is 84.0 cm³/mol. The molecule has 0 saturated carbocycles. The lowest BCUT2D eigenvalue weighted by Crippen LogP contribution is -2.48. The molecule has 2 heterocycles. The molecule has 2 aliphatic rings. The van der Waals surface area contributed by atoms with Gasteiger partial charge >= 0.3 is 0 Å². The zero-order valence-corrected chi connectivity index (χ0v) is 12.8. The summed E-state index contributed by atoms with van der Waals surface area (Å²) in [7, 11) is 0. The normalized spacial score (nSPS) is 25.6. The summed E-state index contributed by atoms with van der Waals surface area (Å²) in [5, 5.41) is 6.49. The number of nitrogens with one attached hydrogen (secondary N) is 2. The van der Waals surface area contributed by atoms with Gasteiger partial charge in [-0.2, -0.15) is 0 Å². The average Bonchev–Trinajstić information content (AvgIpc) is 3.00. The number of hydrogen-bond acceptors (Lipinski definition) is 3. The van der Waals surface area contributed by atoms with Gasteiger partial charge in [0.05, 0.1) is 6.04 Å². The minimum Gasteiger partial charge on any atom is -0.354 e. The van der Waals surface area contributed by atoms with Crippen molar-refractivity contribution >= 4 is 5.91 Å². The summed E-state index contributed by atoms with van der Waals surface area (Å²) in [5.41, 5.74) is 2.62. The third-order valence-electron chi connectivity index (χ3n) is 4.78. The van der Waals surface area contributed by atoms with Gasteiger partial charge in [-0.1, -0.05) is 31.2 Å². The first-order valence-corrected chi connectivity index (χ1v) is 8.06. The minimum absolute atomic E-state index is 0.0800. The van der Waals surface area contributed by atoms with E-state index in [0.29, 0.717) is 5.92 Å². The number of rotatable bonds is 4. The first kappa shape index (κ1) is 14.5. The number of likely N-dealkylation sites (tertiary alicyclic amines) is 1. The van der Waals surface area contributed by atoms with E-state index in [1.165, 1.54) is 24.1 Å². The van der Waals surface area contributed by atoms with Crippen molar-refractivity contribution in [3.63, 3.8) is 0 Å². The third-order valence-corrected chi connectivity index (χ3v) is 4.78. The van der Waals surface area contributed by atoms with Crippen LogP contribution in [0.3, 0.4) is 0 Å². The molecule has 2 N–H and O–H groups in total. The fraction of sp³-hybridized carbons (Fsp3) is 0.588. The monoisotopic (exact) mass is 287 g/mol. The second-order valence-corrected chi connectivity index (χ2v) is 6.20. The van der Waals surface area contributed by atoms with Crippen LogP contribution in [-0.2, 0) is 17.8 Å². The molecule has 1 saturated heterocycles. The van der Waals surface area contributed by atoms with Crippen molar-refractivity contribution in [3.05, 3.63) is 35.4 Å². The molecule has 0 radical (unpaired) electrons. The van der Waals surface area contributed by atoms with Crippen LogP contribution >= 0.6 is 0 Å². The Balaban J connectivity index is 1.48. The van der Waals surface area contributed by atoms with Crippen molar-refractivity contribution in [2.24, 2.45) is 5.92 Å². The fourth-order valence-electron chi connectivity index (χ4n) is 3.37. The number of hydrogen-bond donors (Lipinski definition) is 2. The molecule has 1 fully saturated rings. The Kier molecular flexibility index (Phi) is 4.56. The van der Waals surface area contributed by atoms with Gasteiger partial charge in [0.15, 0.2) is 0 Å². The quantitative estimate of drug-likeness (QED) is 0.873. The number of amides is 1. The first-order valence-electron chi connectivity index (χ1n) is 8.06. The molecular weight excluding hydrogens is 262 g/mol. The Bertz CT molecular complexity index is 503. The molecule has 4 heteroatoms. The van der Waals surface area contributed by atoms with Gasteiger partial charge in [-0.05, 0) is 43.0 Å². The van der Waals surface area contributed by atoms with E-state index in [4.69, 9.17) is 0 Å². The predicted octanol–water partition coefficient (Wildman–Crippen LogP) is 1.16. The average molecular weight is 287 g/mol. The van der Waals surface area contributed by atoms with E-state index in [1.54, 1.807) is 0 Å². The van der Waals surface area contributed by atoms with Crippen LogP contribution in [0.4, 0.5) is 0 Å². The molecule has 0 bridgehead atoms. The maximum Gasteiger partial charge on any atom is 0.237 e. The number of carbonyl (C=O) groups excluding carboxylic acids is 1. The van der Waals surface area contributed by atoms with E-state index < -0.39 is 0 Å². The van der Waals surface area contributed by atoms with E-state index in [9.17, 15) is 4.79 Å². The highest BCUT2D eigenvalue weighted by atomic mass is 16.2. The summed E-state index contributed by atoms with van der Waals surface area (Å²) in [4.78, 5) is 14.8. The lowest BCUT2D eigenvalue weighted by atomic mass is 9.95. The van der Waals surface area contributed by atoms with Gasteiger partial charge in [-0.3, -0.25) is 4.79 Å². The van der Waals surface area contributed by atoms with Gasteiger partial charge < -0.3 is 15.5 Å². The van der Waals surface area contributed by atoms with Crippen LogP contribution < -0.4 is 10.6 Å². The molecule has 1 aromatic carbocycles. The molecule has 1 unspecified atom stereocenters. The Hall–Kier alpha value is -1.39. The van der Waals surface area contributed by atoms with Gasteiger partial charge in [-0.25, -0.2) is 0 Å². The van der Waals surface area contributed by atoms with Crippen LogP contribution in [-0.4, -0.2) is 43.0 Å². The highest BCUT2D eigenvalue weighted by Crippen LogP contribution is 2.17. The van der Waals surface area contributed by atoms with Crippen LogP contribution in [0.1, 0.15) is 24.5 Å². The van der Waals surface area contributed by atoms with Crippen molar-refractivity contribution in [1.82, 2.24) is 15.5 Å². The molecule has 0 aliphatic carbocycles. The molecule has 2 aliphatic heterocycles. The summed E-state index contributed by atoms with van der Waals surface area (Å²) in [6.45, 7) is 7.22. The van der Waals surface area contributed by atoms with Crippen LogP contribution in [0.5, 0.6) is 0 Å². The Labute approximate surface area is 126 Å². The van der Waals surface area contributed by atoms with E-state index >= 15 is 0 Å². The van der Waals surface area contributed by atoms with Crippen molar-refractivity contribution in [2.75, 3.05) is 26.2 Å². The summed E-state index contributed by atoms with van der Waals surface area (Å²) >= 11 is 0. The SMILES string of the molecule is CCN1CCC(CNC(=O)[C@H]2Cc3ccccc3CN2)C1. The van der Waals surface area contributed by atoms with E-state index in [-0.39, 0.29) is 11.9 Å². The molecule has 0 spiro atoms. The molecule has 1 aromatic rings. The Morgan fingerprint density at radius 3 is 2.95 bits per heavy atom. The smallest absolute Gasteiger partial charge is 0.237 e. The molecular formula is C17H25N3O. The second-order valence-electron chi connectivity index (χ2n) is 6.20. The van der Waals surface area contributed by atoms with Crippen LogP contribution in [0.25, 0.3) is 0 Å². The lowest BCUT2D eigenvalue weighted by molar-refractivity contribution is -0.123. The first-order chi connectivity index (χ1) is 10.3. The molecule has 3 rings (SSSR count). The van der Waals surface area contributed by atoms with Crippen LogP contribution in [0.15, 0.2) is 24.3 Å². The van der Waals surface area contributed by atoms with Gasteiger partial charge in [-0.15, -0.1) is 0 Å². The third kappa shape index (κ3) is 3.44. The second kappa shape index (κ2) is 6.58. The largest absolute Gasteiger partial charge is 0.354 e. The highest BCUT2D eigenvalue weighted by Gasteiger charge is 2.26. The molecule has 4 nitrogen and oxygen atoms in total. The molecule has 0 aromatic heterocycles.